The van der Waals surface area contributed by atoms with Gasteiger partial charge < -0.3 is 0 Å². The first-order chi connectivity index (χ1) is 8.93. The smallest absolute Gasteiger partial charge is 0.221 e. The van der Waals surface area contributed by atoms with E-state index in [1.165, 1.54) is 4.68 Å². The van der Waals surface area contributed by atoms with E-state index in [1.54, 1.807) is 0 Å². The summed E-state index contributed by atoms with van der Waals surface area (Å²) in [6.45, 7) is 3.84. The molecule has 19 heavy (non-hydrogen) atoms. The molecule has 0 aliphatic rings. The zero-order valence-electron chi connectivity index (χ0n) is 10.4. The molecule has 0 fully saturated rings. The van der Waals surface area contributed by atoms with Crippen LogP contribution in [0.25, 0.3) is 5.69 Å². The second kappa shape index (κ2) is 5.47. The van der Waals surface area contributed by atoms with Gasteiger partial charge in [0.25, 0.3) is 6.43 Å². The number of alkyl halides is 3. The van der Waals surface area contributed by atoms with E-state index < -0.39 is 6.43 Å². The van der Waals surface area contributed by atoms with Crippen molar-refractivity contribution in [2.75, 3.05) is 0 Å². The molecular weight excluding hydrogens is 293 g/mol. The lowest BCUT2D eigenvalue weighted by Crippen LogP contribution is -1.99. The third kappa shape index (κ3) is 2.74. The van der Waals surface area contributed by atoms with Crippen LogP contribution in [-0.2, 0) is 5.88 Å². The summed E-state index contributed by atoms with van der Waals surface area (Å²) >= 11 is 11.8. The van der Waals surface area contributed by atoms with Gasteiger partial charge in [0.2, 0.25) is 0 Å². The summed E-state index contributed by atoms with van der Waals surface area (Å²) in [6, 6.07) is 5.65. The third-order valence-corrected chi connectivity index (χ3v) is 3.40. The maximum Gasteiger partial charge on any atom is 0.282 e. The molecule has 2 nitrogen and oxygen atoms in total. The van der Waals surface area contributed by atoms with Gasteiger partial charge in [-0.05, 0) is 37.1 Å². The van der Waals surface area contributed by atoms with Crippen LogP contribution in [0, 0.1) is 13.8 Å². The standard InChI is InChI=1S/C13H12Cl2F2N2/c1-7-3-8(2)5-9(4-7)19-12(15)10(6-14)11(18-19)13(16)17/h3-5,13H,6H2,1-2H3. The molecule has 2 rings (SSSR count). The Hall–Kier alpha value is -1.13. The molecule has 6 heteroatoms. The average molecular weight is 305 g/mol. The molecule has 0 amide bonds. The highest BCUT2D eigenvalue weighted by Crippen LogP contribution is 2.31. The molecule has 1 aromatic heterocycles. The first-order valence-electron chi connectivity index (χ1n) is 5.64. The van der Waals surface area contributed by atoms with Gasteiger partial charge in [0, 0.05) is 5.56 Å². The summed E-state index contributed by atoms with van der Waals surface area (Å²) in [5.74, 6) is -0.0939. The van der Waals surface area contributed by atoms with Crippen molar-refractivity contribution in [3.8, 4) is 5.69 Å². The molecular formula is C13H12Cl2F2N2. The van der Waals surface area contributed by atoms with Gasteiger partial charge in [-0.3, -0.25) is 0 Å². The number of hydrogen-bond acceptors (Lipinski definition) is 1. The molecule has 0 spiro atoms. The maximum atomic E-state index is 12.9. The number of nitrogens with zero attached hydrogens (tertiary/aromatic N) is 2. The molecule has 0 unspecified atom stereocenters. The summed E-state index contributed by atoms with van der Waals surface area (Å²) in [6.07, 6.45) is -2.70. The minimum Gasteiger partial charge on any atom is -0.221 e. The van der Waals surface area contributed by atoms with Crippen LogP contribution in [0.15, 0.2) is 18.2 Å². The molecule has 102 valence electrons. The first kappa shape index (κ1) is 14.3. The van der Waals surface area contributed by atoms with Crippen LogP contribution in [0.3, 0.4) is 0 Å². The molecule has 0 bridgehead atoms. The maximum absolute atomic E-state index is 12.9. The molecule has 0 N–H and O–H groups in total. The predicted molar refractivity (Wildman–Crippen MR) is 72.6 cm³/mol. The Morgan fingerprint density at radius 1 is 1.21 bits per heavy atom. The predicted octanol–water partition coefficient (Wildman–Crippen LogP) is 4.82. The van der Waals surface area contributed by atoms with Crippen molar-refractivity contribution in [3.63, 3.8) is 0 Å². The molecule has 2 aromatic rings. The van der Waals surface area contributed by atoms with Crippen LogP contribution in [0.2, 0.25) is 5.15 Å². The molecule has 1 aromatic carbocycles. The van der Waals surface area contributed by atoms with Crippen LogP contribution in [0.1, 0.15) is 28.8 Å². The fourth-order valence-electron chi connectivity index (χ4n) is 1.99. The van der Waals surface area contributed by atoms with Gasteiger partial charge in [0.05, 0.1) is 11.6 Å². The highest BCUT2D eigenvalue weighted by atomic mass is 35.5. The van der Waals surface area contributed by atoms with Gasteiger partial charge in [-0.1, -0.05) is 17.7 Å². The van der Waals surface area contributed by atoms with Gasteiger partial charge >= 0.3 is 0 Å². The number of halogens is 4. The van der Waals surface area contributed by atoms with Crippen molar-refractivity contribution < 1.29 is 8.78 Å². The Morgan fingerprint density at radius 2 is 1.79 bits per heavy atom. The van der Waals surface area contributed by atoms with E-state index in [0.29, 0.717) is 5.69 Å². The Morgan fingerprint density at radius 3 is 2.21 bits per heavy atom. The van der Waals surface area contributed by atoms with E-state index in [-0.39, 0.29) is 22.3 Å². The Balaban J connectivity index is 2.62. The minimum absolute atomic E-state index is 0.0939. The Bertz CT molecular complexity index is 589. The monoisotopic (exact) mass is 304 g/mol. The molecule has 0 aliphatic heterocycles. The highest BCUT2D eigenvalue weighted by molar-refractivity contribution is 6.31. The van der Waals surface area contributed by atoms with Crippen LogP contribution < -0.4 is 0 Å². The summed E-state index contributed by atoms with van der Waals surface area (Å²) in [7, 11) is 0. The van der Waals surface area contributed by atoms with E-state index in [0.717, 1.165) is 11.1 Å². The van der Waals surface area contributed by atoms with E-state index in [1.807, 2.05) is 32.0 Å². The zero-order valence-corrected chi connectivity index (χ0v) is 11.9. The number of rotatable bonds is 3. The molecule has 0 aliphatic carbocycles. The van der Waals surface area contributed by atoms with Crippen LogP contribution >= 0.6 is 23.2 Å². The fraction of sp³-hybridized carbons (Fsp3) is 0.308. The molecule has 0 atom stereocenters. The van der Waals surface area contributed by atoms with Crippen molar-refractivity contribution >= 4 is 23.2 Å². The number of aromatic nitrogens is 2. The van der Waals surface area contributed by atoms with Gasteiger partial charge in [0.15, 0.2) is 0 Å². The second-order valence-electron chi connectivity index (χ2n) is 4.35. The molecule has 0 radical (unpaired) electrons. The summed E-state index contributed by atoms with van der Waals surface area (Å²) in [5.41, 5.74) is 2.48. The van der Waals surface area contributed by atoms with Crippen LogP contribution in [0.4, 0.5) is 8.78 Å². The largest absolute Gasteiger partial charge is 0.282 e. The highest BCUT2D eigenvalue weighted by Gasteiger charge is 2.23. The zero-order chi connectivity index (χ0) is 14.2. The van der Waals surface area contributed by atoms with Crippen molar-refractivity contribution in [1.82, 2.24) is 9.78 Å². The van der Waals surface area contributed by atoms with Crippen LogP contribution in [0.5, 0.6) is 0 Å². The second-order valence-corrected chi connectivity index (χ2v) is 4.97. The molecule has 1 heterocycles. The van der Waals surface area contributed by atoms with E-state index in [2.05, 4.69) is 5.10 Å². The quantitative estimate of drug-likeness (QED) is 0.743. The Kier molecular flexibility index (Phi) is 4.11. The lowest BCUT2D eigenvalue weighted by molar-refractivity contribution is 0.144. The normalized spacial score (nSPS) is 11.3. The van der Waals surface area contributed by atoms with E-state index >= 15 is 0 Å². The fourth-order valence-corrected chi connectivity index (χ4v) is 2.62. The van der Waals surface area contributed by atoms with E-state index in [9.17, 15) is 8.78 Å². The molecule has 0 saturated heterocycles. The summed E-state index contributed by atoms with van der Waals surface area (Å²) in [5, 5.41) is 4.02. The first-order valence-corrected chi connectivity index (χ1v) is 6.55. The van der Waals surface area contributed by atoms with Gasteiger partial charge in [-0.15, -0.1) is 11.6 Å². The third-order valence-electron chi connectivity index (χ3n) is 2.74. The SMILES string of the molecule is Cc1cc(C)cc(-n2nc(C(F)F)c(CCl)c2Cl)c1. The van der Waals surface area contributed by atoms with Crippen molar-refractivity contribution in [1.29, 1.82) is 0 Å². The topological polar surface area (TPSA) is 17.8 Å². The van der Waals surface area contributed by atoms with Crippen molar-refractivity contribution in [3.05, 3.63) is 45.7 Å². The Labute approximate surface area is 119 Å². The van der Waals surface area contributed by atoms with Gasteiger partial charge in [0.1, 0.15) is 10.8 Å². The number of aryl methyl sites for hydroxylation is 2. The number of benzene rings is 1. The average Bonchev–Trinajstić information content (AvgIpc) is 2.65. The lowest BCUT2D eigenvalue weighted by Gasteiger charge is -2.06. The van der Waals surface area contributed by atoms with Crippen LogP contribution in [-0.4, -0.2) is 9.78 Å². The molecule has 0 saturated carbocycles. The van der Waals surface area contributed by atoms with Crippen molar-refractivity contribution in [2.45, 2.75) is 26.2 Å². The van der Waals surface area contributed by atoms with Gasteiger partial charge in [-0.2, -0.15) is 5.10 Å². The van der Waals surface area contributed by atoms with E-state index in [4.69, 9.17) is 23.2 Å². The number of hydrogen-bond donors (Lipinski definition) is 0. The van der Waals surface area contributed by atoms with Gasteiger partial charge in [-0.25, -0.2) is 13.5 Å². The summed E-state index contributed by atoms with van der Waals surface area (Å²) < 4.78 is 27.1. The summed E-state index contributed by atoms with van der Waals surface area (Å²) in [4.78, 5) is 0. The minimum atomic E-state index is -2.70. The van der Waals surface area contributed by atoms with Crippen molar-refractivity contribution in [2.24, 2.45) is 0 Å². The lowest BCUT2D eigenvalue weighted by atomic mass is 10.1.